The first-order chi connectivity index (χ1) is 13.2. The lowest BCUT2D eigenvalue weighted by atomic mass is 10.1. The van der Waals surface area contributed by atoms with Crippen molar-refractivity contribution in [3.8, 4) is 0 Å². The van der Waals surface area contributed by atoms with Crippen LogP contribution in [0.25, 0.3) is 0 Å². The van der Waals surface area contributed by atoms with Gasteiger partial charge in [0.05, 0.1) is 10.6 Å². The topological polar surface area (TPSA) is 95.6 Å². The Morgan fingerprint density at radius 2 is 1.61 bits per heavy atom. The summed E-state index contributed by atoms with van der Waals surface area (Å²) in [4.78, 5) is 23.6. The largest absolute Gasteiger partial charge is 0.272 e. The molecule has 0 aromatic heterocycles. The lowest BCUT2D eigenvalue weighted by molar-refractivity contribution is -0.119. The summed E-state index contributed by atoms with van der Waals surface area (Å²) in [5.41, 5.74) is 6.74. The Hall–Kier alpha value is -2.36. The summed E-state index contributed by atoms with van der Waals surface area (Å²) >= 11 is 1.35. The van der Waals surface area contributed by atoms with Crippen LogP contribution >= 0.6 is 11.8 Å². The Labute approximate surface area is 169 Å². The van der Waals surface area contributed by atoms with E-state index in [4.69, 9.17) is 0 Å². The van der Waals surface area contributed by atoms with Gasteiger partial charge in [0.25, 0.3) is 5.91 Å². The number of sulfonamides is 1. The summed E-state index contributed by atoms with van der Waals surface area (Å²) in [7, 11) is -2.09. The van der Waals surface area contributed by atoms with Gasteiger partial charge in [0.2, 0.25) is 15.9 Å². The number of thioether (sulfide) groups is 1. The van der Waals surface area contributed by atoms with Crippen molar-refractivity contribution in [2.75, 3.05) is 19.1 Å². The van der Waals surface area contributed by atoms with Gasteiger partial charge in [-0.15, -0.1) is 0 Å². The van der Waals surface area contributed by atoms with Crippen LogP contribution in [0.15, 0.2) is 53.4 Å². The molecule has 2 N–H and O–H groups in total. The Balaban J connectivity index is 2.00. The van der Waals surface area contributed by atoms with Crippen LogP contribution in [0.5, 0.6) is 0 Å². The lowest BCUT2D eigenvalue weighted by Gasteiger charge is -2.17. The predicted molar refractivity (Wildman–Crippen MR) is 110 cm³/mol. The van der Waals surface area contributed by atoms with Crippen molar-refractivity contribution in [1.29, 1.82) is 0 Å². The number of nitrogens with zero attached hydrogens (tertiary/aromatic N) is 1. The molecule has 0 bridgehead atoms. The molecule has 0 atom stereocenters. The standard InChI is InChI=1S/C19H23N3O4S2/c1-14-4-10-17(11-5-14)28(25,26)22(2)12-15-6-8-16(9-7-15)19(24)21-20-18(23)13-27-3/h4-11H,12-13H2,1-3H3,(H,20,23)(H,21,24). The zero-order valence-electron chi connectivity index (χ0n) is 15.9. The number of hydrogen-bond acceptors (Lipinski definition) is 5. The van der Waals surface area contributed by atoms with Gasteiger partial charge in [-0.25, -0.2) is 8.42 Å². The van der Waals surface area contributed by atoms with Crippen LogP contribution in [-0.2, 0) is 21.4 Å². The van der Waals surface area contributed by atoms with Crippen LogP contribution < -0.4 is 10.9 Å². The van der Waals surface area contributed by atoms with E-state index in [1.807, 2.05) is 6.92 Å². The summed E-state index contributed by atoms with van der Waals surface area (Å²) in [6.07, 6.45) is 1.79. The Bertz CT molecular complexity index is 927. The molecule has 0 aliphatic rings. The lowest BCUT2D eigenvalue weighted by Crippen LogP contribution is -2.42. The van der Waals surface area contributed by atoms with Crippen LogP contribution in [0.2, 0.25) is 0 Å². The molecule has 0 unspecified atom stereocenters. The van der Waals surface area contributed by atoms with Gasteiger partial charge in [-0.3, -0.25) is 20.4 Å². The van der Waals surface area contributed by atoms with Crippen LogP contribution in [-0.4, -0.2) is 43.6 Å². The number of carbonyl (C=O) groups is 2. The first-order valence-electron chi connectivity index (χ1n) is 8.44. The average Bonchev–Trinajstić information content (AvgIpc) is 2.67. The highest BCUT2D eigenvalue weighted by atomic mass is 32.2. The number of benzene rings is 2. The fourth-order valence-electron chi connectivity index (χ4n) is 2.36. The quantitative estimate of drug-likeness (QED) is 0.666. The van der Waals surface area contributed by atoms with Crippen LogP contribution in [0.4, 0.5) is 0 Å². The Morgan fingerprint density at radius 3 is 2.18 bits per heavy atom. The van der Waals surface area contributed by atoms with E-state index in [1.54, 1.807) is 54.8 Å². The zero-order valence-corrected chi connectivity index (χ0v) is 17.6. The molecule has 9 heteroatoms. The molecule has 28 heavy (non-hydrogen) atoms. The number of rotatable bonds is 7. The Kier molecular flexibility index (Phi) is 7.61. The van der Waals surface area contributed by atoms with E-state index in [0.717, 1.165) is 11.1 Å². The molecule has 150 valence electrons. The summed E-state index contributed by atoms with van der Waals surface area (Å²) in [5.74, 6) is -0.483. The summed E-state index contributed by atoms with van der Waals surface area (Å²) in [5, 5.41) is 0. The van der Waals surface area contributed by atoms with Crippen molar-refractivity contribution in [2.24, 2.45) is 0 Å². The van der Waals surface area contributed by atoms with Gasteiger partial charge < -0.3 is 0 Å². The highest BCUT2D eigenvalue weighted by Crippen LogP contribution is 2.17. The Morgan fingerprint density at radius 1 is 1.00 bits per heavy atom. The summed E-state index contributed by atoms with van der Waals surface area (Å²) in [6.45, 7) is 2.06. The van der Waals surface area contributed by atoms with Crippen molar-refractivity contribution in [2.45, 2.75) is 18.4 Å². The number of hydrazine groups is 1. The number of nitrogens with one attached hydrogen (secondary N) is 2. The third-order valence-corrected chi connectivity index (χ3v) is 6.31. The van der Waals surface area contributed by atoms with Crippen LogP contribution in [0.1, 0.15) is 21.5 Å². The van der Waals surface area contributed by atoms with E-state index in [-0.39, 0.29) is 23.1 Å². The van der Waals surface area contributed by atoms with Crippen molar-refractivity contribution < 1.29 is 18.0 Å². The fourth-order valence-corrected chi connectivity index (χ4v) is 3.85. The maximum absolute atomic E-state index is 12.6. The molecule has 0 heterocycles. The average molecular weight is 422 g/mol. The van der Waals surface area contributed by atoms with Crippen LogP contribution in [0.3, 0.4) is 0 Å². The van der Waals surface area contributed by atoms with Crippen molar-refractivity contribution in [3.63, 3.8) is 0 Å². The van der Waals surface area contributed by atoms with Crippen molar-refractivity contribution in [3.05, 3.63) is 65.2 Å². The molecular formula is C19H23N3O4S2. The second-order valence-electron chi connectivity index (χ2n) is 6.21. The van der Waals surface area contributed by atoms with Gasteiger partial charge in [0, 0.05) is 19.2 Å². The molecule has 0 saturated heterocycles. The number of aryl methyl sites for hydroxylation is 1. The molecular weight excluding hydrogens is 398 g/mol. The minimum atomic E-state index is -3.60. The first kappa shape index (κ1) is 21.9. The van der Waals surface area contributed by atoms with Gasteiger partial charge in [-0.05, 0) is 43.0 Å². The predicted octanol–water partition coefficient (Wildman–Crippen LogP) is 1.94. The molecule has 2 aromatic carbocycles. The number of amides is 2. The summed E-state index contributed by atoms with van der Waals surface area (Å²) in [6, 6.07) is 13.2. The summed E-state index contributed by atoms with van der Waals surface area (Å²) < 4.78 is 26.5. The van der Waals surface area contributed by atoms with E-state index in [0.29, 0.717) is 5.56 Å². The maximum Gasteiger partial charge on any atom is 0.269 e. The molecule has 2 amide bonds. The third kappa shape index (κ3) is 5.82. The molecule has 0 fully saturated rings. The zero-order chi connectivity index (χ0) is 20.7. The molecule has 0 radical (unpaired) electrons. The highest BCUT2D eigenvalue weighted by molar-refractivity contribution is 7.99. The number of carbonyl (C=O) groups excluding carboxylic acids is 2. The van der Waals surface area contributed by atoms with E-state index in [2.05, 4.69) is 10.9 Å². The molecule has 0 aliphatic heterocycles. The van der Waals surface area contributed by atoms with E-state index >= 15 is 0 Å². The maximum atomic E-state index is 12.6. The molecule has 2 aromatic rings. The SMILES string of the molecule is CSCC(=O)NNC(=O)c1ccc(CN(C)S(=O)(=O)c2ccc(C)cc2)cc1. The van der Waals surface area contributed by atoms with E-state index in [1.165, 1.54) is 23.1 Å². The van der Waals surface area contributed by atoms with Crippen LogP contribution in [0, 0.1) is 6.92 Å². The van der Waals surface area contributed by atoms with Gasteiger partial charge in [0.1, 0.15) is 0 Å². The van der Waals surface area contributed by atoms with Gasteiger partial charge >= 0.3 is 0 Å². The van der Waals surface area contributed by atoms with E-state index in [9.17, 15) is 18.0 Å². The minimum Gasteiger partial charge on any atom is -0.272 e. The number of hydrogen-bond donors (Lipinski definition) is 2. The monoisotopic (exact) mass is 421 g/mol. The first-order valence-corrected chi connectivity index (χ1v) is 11.3. The smallest absolute Gasteiger partial charge is 0.269 e. The van der Waals surface area contributed by atoms with E-state index < -0.39 is 15.9 Å². The van der Waals surface area contributed by atoms with Gasteiger partial charge in [-0.1, -0.05) is 29.8 Å². The second-order valence-corrected chi connectivity index (χ2v) is 9.12. The van der Waals surface area contributed by atoms with Gasteiger partial charge in [0.15, 0.2) is 0 Å². The van der Waals surface area contributed by atoms with Gasteiger partial charge in [-0.2, -0.15) is 16.1 Å². The van der Waals surface area contributed by atoms with Crippen molar-refractivity contribution in [1.82, 2.24) is 15.2 Å². The molecule has 0 saturated carbocycles. The second kappa shape index (κ2) is 9.72. The molecule has 0 spiro atoms. The molecule has 2 rings (SSSR count). The fraction of sp³-hybridized carbons (Fsp3) is 0.263. The molecule has 7 nitrogen and oxygen atoms in total. The molecule has 0 aliphatic carbocycles. The van der Waals surface area contributed by atoms with Crippen molar-refractivity contribution >= 4 is 33.6 Å². The highest BCUT2D eigenvalue weighted by Gasteiger charge is 2.20. The third-order valence-electron chi connectivity index (χ3n) is 3.94. The minimum absolute atomic E-state index is 0.169. The normalized spacial score (nSPS) is 11.3.